The average Bonchev–Trinajstić information content (AvgIpc) is 1.62. The highest BCUT2D eigenvalue weighted by Crippen LogP contribution is 2.41. The number of alkyl halides is 3. The first-order valence-electron chi connectivity index (χ1n) is 45.5. The number of aromatic nitrogens is 18. The van der Waals surface area contributed by atoms with E-state index in [1.165, 1.54) is 110 Å². The van der Waals surface area contributed by atoms with Crippen molar-refractivity contribution >= 4 is 150 Å². The summed E-state index contributed by atoms with van der Waals surface area (Å²) in [5.41, 5.74) is 18.5. The summed E-state index contributed by atoms with van der Waals surface area (Å²) in [6.45, 7) is 34.5. The second-order valence-corrected chi connectivity index (χ2v) is 54.5. The molecular formula is C92H145BrClIN25O19Si3+. The van der Waals surface area contributed by atoms with Crippen LogP contribution in [0.3, 0.4) is 0 Å². The van der Waals surface area contributed by atoms with Crippen LogP contribution in [0.1, 0.15) is 140 Å². The summed E-state index contributed by atoms with van der Waals surface area (Å²) < 4.78 is 35.9. The van der Waals surface area contributed by atoms with Crippen LogP contribution in [-0.4, -0.2) is 205 Å². The number of quaternary nitrogens is 1. The van der Waals surface area contributed by atoms with Crippen molar-refractivity contribution in [3.8, 4) is 0 Å². The predicted octanol–water partition coefficient (Wildman–Crippen LogP) is 5.71. The van der Waals surface area contributed by atoms with Crippen LogP contribution in [0.4, 0.5) is 29.0 Å². The maximum Gasteiger partial charge on any atom is 0.332 e. The van der Waals surface area contributed by atoms with E-state index >= 15 is 0 Å². The van der Waals surface area contributed by atoms with Crippen molar-refractivity contribution in [2.24, 2.45) is 109 Å². The van der Waals surface area contributed by atoms with Gasteiger partial charge in [0.25, 0.3) is 33.4 Å². The molecule has 2 saturated heterocycles. The molecule has 4 aliphatic heterocycles. The largest absolute Gasteiger partial charge is 0.480 e. The minimum Gasteiger partial charge on any atom is -0.480 e. The summed E-state index contributed by atoms with van der Waals surface area (Å²) in [7, 11) is 18.1. The molecule has 784 valence electrons. The molecular weight excluding hydrogens is 2090 g/mol. The lowest BCUT2D eigenvalue weighted by molar-refractivity contribution is -0.940. The molecule has 3 atom stereocenters. The van der Waals surface area contributed by atoms with Crippen molar-refractivity contribution in [1.29, 1.82) is 0 Å². The lowest BCUT2D eigenvalue weighted by Crippen LogP contribution is -2.43. The van der Waals surface area contributed by atoms with Crippen molar-refractivity contribution in [1.82, 2.24) is 89.2 Å². The number of aliphatic hydroxyl groups is 1. The number of nitrogen functional groups attached to an aromatic ring is 3. The number of carboxylic acid groups (broad SMARTS) is 1. The lowest BCUT2D eigenvalue weighted by Gasteiger charge is -2.36. The number of aryl methyl sites for hydroxylation is 4. The highest BCUT2D eigenvalue weighted by molar-refractivity contribution is 14.1. The molecule has 0 aliphatic carbocycles. The van der Waals surface area contributed by atoms with E-state index in [4.69, 9.17) is 45.7 Å². The van der Waals surface area contributed by atoms with Crippen LogP contribution in [0.5, 0.6) is 0 Å². The second-order valence-electron chi connectivity index (χ2n) is 39.5. The van der Waals surface area contributed by atoms with Crippen LogP contribution in [0, 0.1) is 0 Å². The Morgan fingerprint density at radius 1 is 0.507 bits per heavy atom. The lowest BCUT2D eigenvalue weighted by atomic mass is 10.1. The quantitative estimate of drug-likeness (QED) is 0.0275. The van der Waals surface area contributed by atoms with Gasteiger partial charge in [0.15, 0.2) is 58.9 Å². The monoisotopic (exact) mass is 2230 g/mol. The molecule has 4 aliphatic rings. The fraction of sp³-hybridized carbons (Fsp3) is 0.565. The third-order valence-corrected chi connectivity index (χ3v) is 40.8. The summed E-state index contributed by atoms with van der Waals surface area (Å²) in [5, 5.41) is 21.6. The second kappa shape index (κ2) is 50.1. The SMILES string of the molecule is CC(C)(C)[Si](C)(C)OCC(=O)O.CCl.CI.Cn1c(=O)c2c(nc(CBr)n2C)n(C)c1=O.Cn1c(=O)c2c(nc(C[N+]3(C)CCCC3c3cccnc3)n2C)n(C)c1=O.Cn1c(N)c(CC(=O)CO[Si](C)(C)C(C)(C)C)c(=O)n(C)c1=O.Cn1c(N)c(N)c(=O)n(C)c1=O.Cn1c2c(c(=O)n(C)c1=O)CC(CO)=N2.Cn1c2c(c(=O)n(C)c1=O)CC(CO[Si](C)(C)C(C)(C)C)=N2.c1cncc(C2CCCN2)c1. The van der Waals surface area contributed by atoms with Gasteiger partial charge in [0.05, 0.1) is 61.1 Å². The number of fused-ring (bicyclic) bond motifs is 4. The van der Waals surface area contributed by atoms with Crippen LogP contribution in [0.15, 0.2) is 117 Å². The molecule has 14 rings (SSSR count). The highest BCUT2D eigenvalue weighted by Gasteiger charge is 2.43. The van der Waals surface area contributed by atoms with Gasteiger partial charge in [-0.25, -0.2) is 53.5 Å². The van der Waals surface area contributed by atoms with Crippen molar-refractivity contribution in [3.05, 3.63) is 214 Å². The van der Waals surface area contributed by atoms with E-state index in [1.54, 1.807) is 46.0 Å². The first-order valence-corrected chi connectivity index (χ1v) is 58.2. The van der Waals surface area contributed by atoms with E-state index in [0.29, 0.717) is 100 Å². The number of nitrogens with zero attached hydrogens (tertiary/aromatic N) is 21. The van der Waals surface area contributed by atoms with Crippen molar-refractivity contribution in [3.63, 3.8) is 0 Å². The van der Waals surface area contributed by atoms with Gasteiger partial charge in [-0.3, -0.25) is 98.3 Å². The molecule has 0 radical (unpaired) electrons. The van der Waals surface area contributed by atoms with Gasteiger partial charge in [-0.1, -0.05) is 113 Å². The molecule has 0 amide bonds. The van der Waals surface area contributed by atoms with Crippen LogP contribution >= 0.6 is 50.1 Å². The molecule has 0 bridgehead atoms. The summed E-state index contributed by atoms with van der Waals surface area (Å²) in [4.78, 5) is 192. The standard InChI is InChI=1S/C19H25N6O2.C15H27N3O4Si.C15H25N3O3Si.C9H11BrN4O2.C9H11N3O3.C9H12N2.C8H18O3Si.C6H10N4O2.CH3Cl.CH3I/c1-22-15(21-17-16(22)18(26)24(3)19(27)23(17)2)12-25(4)10-6-8-14(25)13-7-5-9-20-11-13;1-15(2,3)23(6,7)22-9-10(19)8-11-12(16)17(4)14(21)18(5)13(11)20;1-15(2,3)22(6,7)21-9-10-8-11-12(16-10)17(4)14(20)18(5)13(11)19;1-12-5(4-10)11-7-6(12)8(15)14(3)9(16)13(7)2;1-11-7-6(3-5(4-13)10-7)8(14)12(2)9(11)15;1-3-8(7-10-5-1)9-4-2-6-11-9;1-8(2,3)12(4,5)11-6-7(9)10;1-9-4(8)3(7)5(11)10(2)6(9)12;2*1-2/h5,7,9,11,14H,6,8,10,12H2,1-4H3;8-9,16H2,1-7H3;8-9H2,1-7H3;4H2,1-3H3;13H,3-4H2,1-2H3;1,3,5,7,9,11H,2,4,6H2;6H2,1-5H3,(H,9,10);7-8H2,1-2H3;2*1H3/q+1;;;;;;;;;. The molecule has 44 nitrogen and oxygen atoms in total. The number of aliphatic hydroxyl groups excluding tert-OH is 1. The molecule has 3 unspecified atom stereocenters. The number of aliphatic imine (C=N–C) groups is 2. The molecule has 0 aromatic carbocycles. The van der Waals surface area contributed by atoms with Crippen LogP contribution in [-0.2, 0) is 153 Å². The maximum atomic E-state index is 12.6. The van der Waals surface area contributed by atoms with Gasteiger partial charge in [-0.15, -0.1) is 11.6 Å². The van der Waals surface area contributed by atoms with Crippen LogP contribution < -0.4 is 90.0 Å². The number of pyridine rings is 2. The average molecular weight is 2230 g/mol. The Balaban J connectivity index is 0.000000289. The van der Waals surface area contributed by atoms with Crippen molar-refractivity contribution in [2.45, 2.75) is 186 Å². The topological polar surface area (TPSA) is 543 Å². The predicted molar refractivity (Wildman–Crippen MR) is 577 cm³/mol. The molecule has 14 heterocycles. The number of likely N-dealkylation sites (tertiary alicyclic amines) is 1. The van der Waals surface area contributed by atoms with E-state index in [9.17, 15) is 67.1 Å². The number of Topliss-reactive ketones (excluding diaryl/α,β-unsaturated/α-hetero) is 1. The number of imidazole rings is 2. The Kier molecular flexibility index (Phi) is 42.9. The molecule has 0 saturated carbocycles. The van der Waals surface area contributed by atoms with Crippen LogP contribution in [0.2, 0.25) is 54.4 Å². The Morgan fingerprint density at radius 3 is 1.32 bits per heavy atom. The molecule has 2 fully saturated rings. The Bertz CT molecular complexity index is 7060. The molecule has 142 heavy (non-hydrogen) atoms. The van der Waals surface area contributed by atoms with E-state index in [2.05, 4.69) is 188 Å². The summed E-state index contributed by atoms with van der Waals surface area (Å²) in [6.07, 6.45) is 14.4. The highest BCUT2D eigenvalue weighted by atomic mass is 127. The first kappa shape index (κ1) is 122. The number of carbonyl (C=O) groups excluding carboxylic acids is 1. The van der Waals surface area contributed by atoms with Crippen molar-refractivity contribution < 1.29 is 37.6 Å². The van der Waals surface area contributed by atoms with E-state index in [-0.39, 0.29) is 109 Å². The zero-order valence-electron chi connectivity index (χ0n) is 88.0. The fourth-order valence-corrected chi connectivity index (χ4v) is 18.0. The summed E-state index contributed by atoms with van der Waals surface area (Å²) in [5.74, 6) is 1.29. The molecule has 9 N–H and O–H groups in total. The smallest absolute Gasteiger partial charge is 0.332 e. The number of anilines is 3. The third kappa shape index (κ3) is 28.0. The number of nitrogens with one attached hydrogen (secondary N) is 1. The number of halogens is 3. The van der Waals surface area contributed by atoms with Gasteiger partial charge >= 0.3 is 40.1 Å². The number of aliphatic carboxylic acids is 1. The molecule has 0 spiro atoms. The van der Waals surface area contributed by atoms with Gasteiger partial charge in [-0.2, -0.15) is 0 Å². The zero-order chi connectivity index (χ0) is 109. The minimum atomic E-state index is -2.03. The molecule has 50 heteroatoms. The fourth-order valence-electron chi connectivity index (χ4n) is 14.7. The summed E-state index contributed by atoms with van der Waals surface area (Å²) >= 11 is 10.1. The van der Waals surface area contributed by atoms with E-state index in [0.717, 1.165) is 73.9 Å². The molecule has 10 aromatic rings. The van der Waals surface area contributed by atoms with E-state index in [1.807, 2.05) is 60.4 Å². The number of carbonyl (C=O) groups is 2. The zero-order valence-corrected chi connectivity index (χ0v) is 95.5. The van der Waals surface area contributed by atoms with E-state index < -0.39 is 59.1 Å². The van der Waals surface area contributed by atoms with Crippen molar-refractivity contribution in [2.75, 3.05) is 75.1 Å². The summed E-state index contributed by atoms with van der Waals surface area (Å²) in [6, 6.07) is 9.15. The minimum absolute atomic E-state index is 0.000904. The molecule has 10 aromatic heterocycles. The number of hydrogen-bond donors (Lipinski definition) is 6. The number of ketones is 1. The Morgan fingerprint density at radius 2 is 0.894 bits per heavy atom. The van der Waals surface area contributed by atoms with Gasteiger partial charge in [-0.05, 0) is 96.4 Å². The van der Waals surface area contributed by atoms with Gasteiger partial charge in [0.1, 0.15) is 54.0 Å². The normalized spacial score (nSPS) is 15.3. The first-order chi connectivity index (χ1) is 65.7. The van der Waals surface area contributed by atoms with Gasteiger partial charge < -0.3 is 59.6 Å². The van der Waals surface area contributed by atoms with Gasteiger partial charge in [0.2, 0.25) is 0 Å². The van der Waals surface area contributed by atoms with Crippen LogP contribution in [0.25, 0.3) is 22.3 Å². The third-order valence-electron chi connectivity index (χ3n) is 26.9. The number of nitrogens with two attached hydrogens (primary N) is 3. The number of hydrogen-bond acceptors (Lipinski definition) is 28. The maximum absolute atomic E-state index is 12.6. The number of rotatable bonds is 17. The van der Waals surface area contributed by atoms with Gasteiger partial charge in [0, 0.05) is 179 Å². The Labute approximate surface area is 853 Å². The Hall–Kier alpha value is -10.9. The number of carboxylic acids is 1.